The molecule has 23 heavy (non-hydrogen) atoms. The second kappa shape index (κ2) is 8.59. The number of carbonyl (C=O) groups excluding carboxylic acids is 1. The normalized spacial score (nSPS) is 12.3. The molecule has 0 fully saturated rings. The standard InChI is InChI=1S/C20H23NOS/c1-15-9-7-10-16(2)19(15)21-20(22)17(3)23-14-8-13-18-11-5-4-6-12-18/h4-13,17H,14H2,1-3H3,(H,21,22). The summed E-state index contributed by atoms with van der Waals surface area (Å²) in [6.07, 6.45) is 4.19. The molecule has 0 saturated carbocycles. The predicted molar refractivity (Wildman–Crippen MR) is 102 cm³/mol. The number of hydrogen-bond donors (Lipinski definition) is 1. The molecule has 120 valence electrons. The highest BCUT2D eigenvalue weighted by Gasteiger charge is 2.14. The Labute approximate surface area is 143 Å². The van der Waals surface area contributed by atoms with Gasteiger partial charge in [-0.25, -0.2) is 0 Å². The summed E-state index contributed by atoms with van der Waals surface area (Å²) in [7, 11) is 0. The average Bonchev–Trinajstić information content (AvgIpc) is 2.55. The molecule has 0 aliphatic carbocycles. The van der Waals surface area contributed by atoms with E-state index in [2.05, 4.69) is 29.6 Å². The van der Waals surface area contributed by atoms with Crippen LogP contribution in [0.25, 0.3) is 6.08 Å². The van der Waals surface area contributed by atoms with Crippen LogP contribution in [0.2, 0.25) is 0 Å². The predicted octanol–water partition coefficient (Wildman–Crippen LogP) is 5.08. The number of para-hydroxylation sites is 1. The van der Waals surface area contributed by atoms with Crippen LogP contribution in [-0.2, 0) is 4.79 Å². The quantitative estimate of drug-likeness (QED) is 0.802. The van der Waals surface area contributed by atoms with Crippen molar-refractivity contribution in [3.63, 3.8) is 0 Å². The van der Waals surface area contributed by atoms with Gasteiger partial charge in [-0.05, 0) is 37.5 Å². The lowest BCUT2D eigenvalue weighted by Gasteiger charge is -2.14. The van der Waals surface area contributed by atoms with E-state index < -0.39 is 0 Å². The van der Waals surface area contributed by atoms with E-state index >= 15 is 0 Å². The van der Waals surface area contributed by atoms with Gasteiger partial charge in [0.2, 0.25) is 5.91 Å². The zero-order chi connectivity index (χ0) is 16.7. The Morgan fingerprint density at radius 2 is 1.74 bits per heavy atom. The lowest BCUT2D eigenvalue weighted by atomic mass is 10.1. The van der Waals surface area contributed by atoms with Gasteiger partial charge in [0.15, 0.2) is 0 Å². The van der Waals surface area contributed by atoms with Crippen LogP contribution in [0.3, 0.4) is 0 Å². The van der Waals surface area contributed by atoms with E-state index in [4.69, 9.17) is 0 Å². The van der Waals surface area contributed by atoms with Crippen molar-refractivity contribution in [1.82, 2.24) is 0 Å². The van der Waals surface area contributed by atoms with Gasteiger partial charge in [-0.15, -0.1) is 11.8 Å². The second-order valence-corrected chi connectivity index (χ2v) is 6.92. The Kier molecular flexibility index (Phi) is 6.48. The number of rotatable bonds is 6. The monoisotopic (exact) mass is 325 g/mol. The van der Waals surface area contributed by atoms with Crippen LogP contribution in [0.5, 0.6) is 0 Å². The van der Waals surface area contributed by atoms with Gasteiger partial charge in [0.1, 0.15) is 0 Å². The molecule has 1 unspecified atom stereocenters. The summed E-state index contributed by atoms with van der Waals surface area (Å²) >= 11 is 1.64. The molecule has 3 heteroatoms. The van der Waals surface area contributed by atoms with E-state index in [0.717, 1.165) is 22.6 Å². The molecule has 0 radical (unpaired) electrons. The number of amides is 1. The second-order valence-electron chi connectivity index (χ2n) is 5.54. The van der Waals surface area contributed by atoms with E-state index in [1.165, 1.54) is 5.56 Å². The van der Waals surface area contributed by atoms with Crippen molar-refractivity contribution in [1.29, 1.82) is 0 Å². The number of nitrogens with one attached hydrogen (secondary N) is 1. The van der Waals surface area contributed by atoms with Gasteiger partial charge in [0, 0.05) is 11.4 Å². The van der Waals surface area contributed by atoms with Crippen molar-refractivity contribution in [2.45, 2.75) is 26.0 Å². The zero-order valence-corrected chi connectivity index (χ0v) is 14.7. The number of carbonyl (C=O) groups is 1. The third kappa shape index (κ3) is 5.29. The highest BCUT2D eigenvalue weighted by atomic mass is 32.2. The highest BCUT2D eigenvalue weighted by Crippen LogP contribution is 2.21. The summed E-state index contributed by atoms with van der Waals surface area (Å²) in [5.41, 5.74) is 4.31. The number of hydrogen-bond acceptors (Lipinski definition) is 2. The molecule has 1 atom stereocenters. The van der Waals surface area contributed by atoms with Gasteiger partial charge in [-0.1, -0.05) is 60.7 Å². The maximum Gasteiger partial charge on any atom is 0.237 e. The van der Waals surface area contributed by atoms with Crippen LogP contribution < -0.4 is 5.32 Å². The first-order valence-electron chi connectivity index (χ1n) is 7.78. The van der Waals surface area contributed by atoms with Crippen LogP contribution in [0.15, 0.2) is 54.6 Å². The first-order valence-corrected chi connectivity index (χ1v) is 8.83. The van der Waals surface area contributed by atoms with Gasteiger partial charge in [-0.3, -0.25) is 4.79 Å². The Morgan fingerprint density at radius 1 is 1.09 bits per heavy atom. The van der Waals surface area contributed by atoms with E-state index in [0.29, 0.717) is 0 Å². The van der Waals surface area contributed by atoms with E-state index in [-0.39, 0.29) is 11.2 Å². The molecule has 2 aromatic rings. The summed E-state index contributed by atoms with van der Waals surface area (Å²) in [6, 6.07) is 16.2. The average molecular weight is 325 g/mol. The lowest BCUT2D eigenvalue weighted by Crippen LogP contribution is -2.23. The molecule has 1 amide bonds. The maximum atomic E-state index is 12.3. The molecule has 0 aromatic heterocycles. The molecule has 2 rings (SSSR count). The summed E-state index contributed by atoms with van der Waals surface area (Å²) < 4.78 is 0. The number of anilines is 1. The Hall–Kier alpha value is -2.00. The van der Waals surface area contributed by atoms with Crippen molar-refractivity contribution in [3.8, 4) is 0 Å². The molecule has 1 N–H and O–H groups in total. The molecule has 0 spiro atoms. The molecule has 0 heterocycles. The van der Waals surface area contributed by atoms with E-state index in [1.54, 1.807) is 11.8 Å². The SMILES string of the molecule is Cc1cccc(C)c1NC(=O)C(C)SCC=Cc1ccccc1. The van der Waals surface area contributed by atoms with Crippen LogP contribution in [0.4, 0.5) is 5.69 Å². The first kappa shape index (κ1) is 17.4. The zero-order valence-electron chi connectivity index (χ0n) is 13.9. The first-order chi connectivity index (χ1) is 11.1. The van der Waals surface area contributed by atoms with Crippen molar-refractivity contribution in [2.24, 2.45) is 0 Å². The van der Waals surface area contributed by atoms with Crippen molar-refractivity contribution >= 4 is 29.4 Å². The Bertz CT molecular complexity index is 659. The van der Waals surface area contributed by atoms with Gasteiger partial charge < -0.3 is 5.32 Å². The van der Waals surface area contributed by atoms with Crippen LogP contribution in [0, 0.1) is 13.8 Å². The number of aryl methyl sites for hydroxylation is 2. The molecular formula is C20H23NOS. The molecular weight excluding hydrogens is 302 g/mol. The van der Waals surface area contributed by atoms with Crippen molar-refractivity contribution < 1.29 is 4.79 Å². The van der Waals surface area contributed by atoms with Crippen molar-refractivity contribution in [3.05, 3.63) is 71.3 Å². The number of benzene rings is 2. The minimum Gasteiger partial charge on any atom is -0.325 e. The summed E-state index contributed by atoms with van der Waals surface area (Å²) in [5.74, 6) is 0.872. The third-order valence-corrected chi connectivity index (χ3v) is 4.75. The molecule has 2 nitrogen and oxygen atoms in total. The fraction of sp³-hybridized carbons (Fsp3) is 0.250. The third-order valence-electron chi connectivity index (χ3n) is 3.65. The molecule has 0 bridgehead atoms. The van der Waals surface area contributed by atoms with Gasteiger partial charge in [0.05, 0.1) is 5.25 Å². The Morgan fingerprint density at radius 3 is 2.39 bits per heavy atom. The smallest absolute Gasteiger partial charge is 0.237 e. The highest BCUT2D eigenvalue weighted by molar-refractivity contribution is 8.00. The van der Waals surface area contributed by atoms with Gasteiger partial charge in [-0.2, -0.15) is 0 Å². The lowest BCUT2D eigenvalue weighted by molar-refractivity contribution is -0.115. The minimum atomic E-state index is -0.0885. The topological polar surface area (TPSA) is 29.1 Å². The minimum absolute atomic E-state index is 0.0560. The fourth-order valence-electron chi connectivity index (χ4n) is 2.26. The summed E-state index contributed by atoms with van der Waals surface area (Å²) in [4.78, 5) is 12.3. The molecule has 0 aliphatic heterocycles. The summed E-state index contributed by atoms with van der Waals surface area (Å²) in [6.45, 7) is 5.98. The van der Waals surface area contributed by atoms with Crippen LogP contribution in [0.1, 0.15) is 23.6 Å². The fourth-order valence-corrected chi connectivity index (χ4v) is 2.97. The van der Waals surface area contributed by atoms with E-state index in [1.807, 2.05) is 57.2 Å². The van der Waals surface area contributed by atoms with Gasteiger partial charge >= 0.3 is 0 Å². The summed E-state index contributed by atoms with van der Waals surface area (Å²) in [5, 5.41) is 2.96. The van der Waals surface area contributed by atoms with E-state index in [9.17, 15) is 4.79 Å². The maximum absolute atomic E-state index is 12.3. The van der Waals surface area contributed by atoms with Crippen molar-refractivity contribution in [2.75, 3.05) is 11.1 Å². The molecule has 0 aliphatic rings. The molecule has 0 saturated heterocycles. The van der Waals surface area contributed by atoms with Gasteiger partial charge in [0.25, 0.3) is 0 Å². The Balaban J connectivity index is 1.85. The largest absolute Gasteiger partial charge is 0.325 e. The van der Waals surface area contributed by atoms with Crippen LogP contribution in [-0.4, -0.2) is 16.9 Å². The van der Waals surface area contributed by atoms with Crippen LogP contribution >= 0.6 is 11.8 Å². The molecule has 2 aromatic carbocycles. The number of thioether (sulfide) groups is 1.